The molecule has 0 bridgehead atoms. The van der Waals surface area contributed by atoms with Crippen LogP contribution in [0.1, 0.15) is 20.7 Å². The van der Waals surface area contributed by atoms with E-state index < -0.39 is 11.9 Å². The highest BCUT2D eigenvalue weighted by molar-refractivity contribution is 6.39. The number of carboxylic acid groups (broad SMARTS) is 2. The van der Waals surface area contributed by atoms with Crippen molar-refractivity contribution in [3.63, 3.8) is 0 Å². The Hall–Kier alpha value is -0.680. The van der Waals surface area contributed by atoms with Crippen LogP contribution in [0.25, 0.3) is 0 Å². The number of hydrogen-bond donors (Lipinski definition) is 2. The molecule has 0 aliphatic rings. The van der Waals surface area contributed by atoms with Crippen LogP contribution in [0.4, 0.5) is 0 Å². The second kappa shape index (κ2) is 6.81. The summed E-state index contributed by atoms with van der Waals surface area (Å²) in [6.45, 7) is 0. The van der Waals surface area contributed by atoms with E-state index in [0.29, 0.717) is 0 Å². The molecule has 0 aliphatic heterocycles. The first-order valence-electron chi connectivity index (χ1n) is 3.39. The van der Waals surface area contributed by atoms with Crippen molar-refractivity contribution in [3.05, 3.63) is 33.3 Å². The molecule has 0 atom stereocenters. The lowest BCUT2D eigenvalue weighted by atomic mass is 10.1. The molecule has 0 heterocycles. The summed E-state index contributed by atoms with van der Waals surface area (Å²) in [6.07, 6.45) is 0. The first-order chi connectivity index (χ1) is 6.43. The lowest BCUT2D eigenvalue weighted by molar-refractivity contribution is 0.0681. The number of carbonyl (C=O) groups is 2. The van der Waals surface area contributed by atoms with Crippen molar-refractivity contribution in [3.8, 4) is 0 Å². The Kier molecular flexibility index (Phi) is 7.53. The highest BCUT2D eigenvalue weighted by Crippen LogP contribution is 2.26. The van der Waals surface area contributed by atoms with Crippen molar-refractivity contribution >= 4 is 60.0 Å². The zero-order valence-electron chi connectivity index (χ0n) is 7.44. The first-order valence-corrected chi connectivity index (χ1v) is 4.14. The van der Waals surface area contributed by atoms with Crippen molar-refractivity contribution < 1.29 is 19.8 Å². The molecular weight excluding hydrogens is 302 g/mol. The van der Waals surface area contributed by atoms with E-state index in [0.717, 1.165) is 12.1 Å². The lowest BCUT2D eigenvalue weighted by Crippen LogP contribution is -2.03. The van der Waals surface area contributed by atoms with Gasteiger partial charge in [-0.05, 0) is 12.1 Å². The molecule has 0 amide bonds. The van der Waals surface area contributed by atoms with Gasteiger partial charge in [-0.15, -0.1) is 24.8 Å². The average molecular weight is 308 g/mol. The SMILES string of the molecule is Cl.Cl.O=C(O)c1cc(Cl)c(C(=O)O)c(Cl)c1. The highest BCUT2D eigenvalue weighted by Gasteiger charge is 2.16. The smallest absolute Gasteiger partial charge is 0.338 e. The number of benzene rings is 1. The van der Waals surface area contributed by atoms with E-state index in [-0.39, 0.29) is 46.0 Å². The van der Waals surface area contributed by atoms with Gasteiger partial charge in [-0.3, -0.25) is 0 Å². The second-order valence-corrected chi connectivity index (χ2v) is 3.24. The largest absolute Gasteiger partial charge is 0.478 e. The fraction of sp³-hybridized carbons (Fsp3) is 0. The third-order valence-electron chi connectivity index (χ3n) is 1.50. The number of carboxylic acids is 2. The van der Waals surface area contributed by atoms with Gasteiger partial charge in [0.15, 0.2) is 0 Å². The molecule has 1 aromatic carbocycles. The van der Waals surface area contributed by atoms with E-state index >= 15 is 0 Å². The third kappa shape index (κ3) is 3.72. The van der Waals surface area contributed by atoms with E-state index in [1.807, 2.05) is 0 Å². The van der Waals surface area contributed by atoms with Crippen LogP contribution >= 0.6 is 48.0 Å². The van der Waals surface area contributed by atoms with Crippen molar-refractivity contribution in [2.75, 3.05) is 0 Å². The van der Waals surface area contributed by atoms with E-state index in [1.54, 1.807) is 0 Å². The molecule has 0 spiro atoms. The van der Waals surface area contributed by atoms with Crippen LogP contribution in [-0.2, 0) is 0 Å². The van der Waals surface area contributed by atoms with Crippen LogP contribution in [0.5, 0.6) is 0 Å². The Bertz CT molecular complexity index is 395. The monoisotopic (exact) mass is 306 g/mol. The van der Waals surface area contributed by atoms with Gasteiger partial charge < -0.3 is 10.2 Å². The van der Waals surface area contributed by atoms with Crippen LogP contribution in [0.3, 0.4) is 0 Å². The number of rotatable bonds is 2. The van der Waals surface area contributed by atoms with E-state index in [9.17, 15) is 9.59 Å². The third-order valence-corrected chi connectivity index (χ3v) is 2.10. The Morgan fingerprint density at radius 3 is 1.56 bits per heavy atom. The molecule has 0 unspecified atom stereocenters. The standard InChI is InChI=1S/C8H4Cl2O4.2ClH/c9-4-1-3(7(11)12)2-5(10)6(4)8(13)14;;/h1-2H,(H,11,12)(H,13,14);2*1H. The summed E-state index contributed by atoms with van der Waals surface area (Å²) in [5, 5.41) is 16.9. The van der Waals surface area contributed by atoms with Crippen LogP contribution in [0.2, 0.25) is 10.0 Å². The Balaban J connectivity index is 0. The fourth-order valence-corrected chi connectivity index (χ4v) is 1.55. The van der Waals surface area contributed by atoms with E-state index in [4.69, 9.17) is 33.4 Å². The molecule has 16 heavy (non-hydrogen) atoms. The minimum Gasteiger partial charge on any atom is -0.478 e. The quantitative estimate of drug-likeness (QED) is 0.879. The molecular formula is C8H6Cl4O4. The maximum Gasteiger partial charge on any atom is 0.338 e. The predicted octanol–water partition coefficient (Wildman–Crippen LogP) is 3.23. The maximum atomic E-state index is 10.6. The summed E-state index contributed by atoms with van der Waals surface area (Å²) in [5.74, 6) is -2.51. The van der Waals surface area contributed by atoms with Gasteiger partial charge in [0.25, 0.3) is 0 Å². The highest BCUT2D eigenvalue weighted by atomic mass is 35.5. The number of aromatic carboxylic acids is 2. The summed E-state index contributed by atoms with van der Waals surface area (Å²) in [7, 11) is 0. The summed E-state index contributed by atoms with van der Waals surface area (Å²) in [6, 6.07) is 2.08. The van der Waals surface area contributed by atoms with Gasteiger partial charge in [0.1, 0.15) is 0 Å². The second-order valence-electron chi connectivity index (χ2n) is 2.43. The Morgan fingerprint density at radius 2 is 1.31 bits per heavy atom. The molecule has 90 valence electrons. The van der Waals surface area contributed by atoms with Crippen LogP contribution in [0, 0.1) is 0 Å². The average Bonchev–Trinajstić information content (AvgIpc) is 2.01. The summed E-state index contributed by atoms with van der Waals surface area (Å²) < 4.78 is 0. The molecule has 0 saturated heterocycles. The van der Waals surface area contributed by atoms with Crippen molar-refractivity contribution in [1.29, 1.82) is 0 Å². The van der Waals surface area contributed by atoms with Crippen molar-refractivity contribution in [1.82, 2.24) is 0 Å². The van der Waals surface area contributed by atoms with Gasteiger partial charge in [0.2, 0.25) is 0 Å². The van der Waals surface area contributed by atoms with Crippen molar-refractivity contribution in [2.45, 2.75) is 0 Å². The number of halogens is 4. The van der Waals surface area contributed by atoms with Crippen molar-refractivity contribution in [2.24, 2.45) is 0 Å². The molecule has 0 fully saturated rings. The minimum absolute atomic E-state index is 0. The van der Waals surface area contributed by atoms with E-state index in [2.05, 4.69) is 0 Å². The predicted molar refractivity (Wildman–Crippen MR) is 64.9 cm³/mol. The van der Waals surface area contributed by atoms with Gasteiger partial charge in [-0.2, -0.15) is 0 Å². The zero-order valence-corrected chi connectivity index (χ0v) is 10.6. The van der Waals surface area contributed by atoms with E-state index in [1.165, 1.54) is 0 Å². The lowest BCUT2D eigenvalue weighted by Gasteiger charge is -2.03. The van der Waals surface area contributed by atoms with Gasteiger partial charge in [0.05, 0.1) is 21.2 Å². The molecule has 0 radical (unpaired) electrons. The first kappa shape index (κ1) is 17.7. The maximum absolute atomic E-state index is 10.6. The van der Waals surface area contributed by atoms with Crippen LogP contribution in [-0.4, -0.2) is 22.2 Å². The fourth-order valence-electron chi connectivity index (χ4n) is 0.901. The molecule has 2 N–H and O–H groups in total. The zero-order chi connectivity index (χ0) is 10.9. The minimum atomic E-state index is -1.29. The Labute approximate surface area is 113 Å². The topological polar surface area (TPSA) is 74.6 Å². The summed E-state index contributed by atoms with van der Waals surface area (Å²) in [5.41, 5.74) is -0.441. The van der Waals surface area contributed by atoms with Gasteiger partial charge >= 0.3 is 11.9 Å². The summed E-state index contributed by atoms with van der Waals surface area (Å²) >= 11 is 11.1. The van der Waals surface area contributed by atoms with Crippen LogP contribution in [0.15, 0.2) is 12.1 Å². The van der Waals surface area contributed by atoms with Gasteiger partial charge in [-0.25, -0.2) is 9.59 Å². The van der Waals surface area contributed by atoms with Gasteiger partial charge in [0, 0.05) is 0 Å². The molecule has 0 saturated carbocycles. The number of hydrogen-bond acceptors (Lipinski definition) is 2. The molecule has 1 rings (SSSR count). The Morgan fingerprint density at radius 1 is 0.938 bits per heavy atom. The summed E-state index contributed by atoms with van der Waals surface area (Å²) in [4.78, 5) is 21.1. The molecule has 1 aromatic rings. The molecule has 8 heteroatoms. The molecule has 0 aromatic heterocycles. The van der Waals surface area contributed by atoms with Crippen LogP contribution < -0.4 is 0 Å². The molecule has 4 nitrogen and oxygen atoms in total. The molecule has 0 aliphatic carbocycles. The normalized spacial score (nSPS) is 8.62. The van der Waals surface area contributed by atoms with Gasteiger partial charge in [-0.1, -0.05) is 23.2 Å².